The predicted molar refractivity (Wildman–Crippen MR) is 114 cm³/mol. The monoisotopic (exact) mass is 435 g/mol. The minimum absolute atomic E-state index is 0.257. The van der Waals surface area contributed by atoms with Crippen molar-refractivity contribution >= 4 is 38.8 Å². The smallest absolute Gasteiger partial charge is 0.319 e. The van der Waals surface area contributed by atoms with Gasteiger partial charge in [-0.1, -0.05) is 30.3 Å². The topological polar surface area (TPSA) is 71.8 Å². The molecule has 2 amide bonds. The van der Waals surface area contributed by atoms with Gasteiger partial charge in [-0.05, 0) is 52.3 Å². The number of benzene rings is 2. The van der Waals surface area contributed by atoms with Gasteiger partial charge in [-0.2, -0.15) is 0 Å². The molecule has 4 rings (SSSR count). The molecule has 0 aliphatic rings. The number of pyridine rings is 1. The first-order valence-corrected chi connectivity index (χ1v) is 9.69. The van der Waals surface area contributed by atoms with Crippen molar-refractivity contribution < 1.29 is 4.79 Å². The van der Waals surface area contributed by atoms with Crippen LogP contribution in [-0.4, -0.2) is 27.1 Å². The first-order valence-electron chi connectivity index (χ1n) is 8.89. The van der Waals surface area contributed by atoms with Gasteiger partial charge in [0.25, 0.3) is 0 Å². The van der Waals surface area contributed by atoms with Crippen LogP contribution in [0.1, 0.15) is 5.82 Å². The van der Waals surface area contributed by atoms with Crippen molar-refractivity contribution in [1.82, 2.24) is 19.9 Å². The summed E-state index contributed by atoms with van der Waals surface area (Å²) >= 11 is 3.42. The van der Waals surface area contributed by atoms with Gasteiger partial charge in [-0.15, -0.1) is 0 Å². The fourth-order valence-corrected chi connectivity index (χ4v) is 3.38. The van der Waals surface area contributed by atoms with E-state index in [-0.39, 0.29) is 6.03 Å². The van der Waals surface area contributed by atoms with E-state index in [0.29, 0.717) is 13.0 Å². The van der Waals surface area contributed by atoms with E-state index >= 15 is 0 Å². The van der Waals surface area contributed by atoms with Crippen molar-refractivity contribution in [1.29, 1.82) is 0 Å². The molecule has 0 radical (unpaired) electrons. The maximum Gasteiger partial charge on any atom is 0.319 e. The van der Waals surface area contributed by atoms with E-state index in [1.807, 2.05) is 71.3 Å². The molecule has 0 aliphatic heterocycles. The minimum atomic E-state index is -0.257. The second-order valence-corrected chi connectivity index (χ2v) is 7.01. The van der Waals surface area contributed by atoms with Crippen molar-refractivity contribution in [3.8, 4) is 5.69 Å². The maximum atomic E-state index is 12.2. The molecule has 4 aromatic rings. The number of nitrogens with zero attached hydrogens (tertiary/aromatic N) is 3. The molecular weight excluding hydrogens is 418 g/mol. The number of fused-ring (bicyclic) bond motifs is 1. The molecule has 0 aliphatic carbocycles. The molecular formula is C21H18BrN5O. The average molecular weight is 436 g/mol. The first-order chi connectivity index (χ1) is 13.7. The van der Waals surface area contributed by atoms with Crippen LogP contribution < -0.4 is 10.6 Å². The Bertz CT molecular complexity index is 1110. The molecule has 0 unspecified atom stereocenters. The summed E-state index contributed by atoms with van der Waals surface area (Å²) in [5, 5.41) is 5.72. The molecule has 0 bridgehead atoms. The summed E-state index contributed by atoms with van der Waals surface area (Å²) in [7, 11) is 0. The van der Waals surface area contributed by atoms with Crippen molar-refractivity contribution in [3.05, 3.63) is 83.2 Å². The van der Waals surface area contributed by atoms with E-state index in [9.17, 15) is 4.79 Å². The van der Waals surface area contributed by atoms with Crippen LogP contribution in [0.15, 0.2) is 77.4 Å². The van der Waals surface area contributed by atoms with E-state index in [4.69, 9.17) is 4.98 Å². The Morgan fingerprint density at radius 2 is 1.79 bits per heavy atom. The molecule has 2 heterocycles. The number of halogens is 1. The molecule has 0 saturated heterocycles. The molecule has 6 nitrogen and oxygen atoms in total. The molecule has 2 N–H and O–H groups in total. The van der Waals surface area contributed by atoms with Crippen molar-refractivity contribution in [3.63, 3.8) is 0 Å². The lowest BCUT2D eigenvalue weighted by Gasteiger charge is -2.10. The Kier molecular flexibility index (Phi) is 5.34. The van der Waals surface area contributed by atoms with E-state index in [1.54, 1.807) is 6.20 Å². The van der Waals surface area contributed by atoms with Crippen LogP contribution in [0.4, 0.5) is 10.5 Å². The summed E-state index contributed by atoms with van der Waals surface area (Å²) in [6, 6.07) is 21.0. The number of imidazole rings is 1. The second kappa shape index (κ2) is 8.22. The average Bonchev–Trinajstić information content (AvgIpc) is 3.08. The third kappa shape index (κ3) is 3.89. The standard InChI is InChI=1S/C21H18BrN5O/c22-16-9-4-5-10-17(16)26-21(28)24-14-12-19-25-18-11-6-13-23-20(18)27(19)15-7-2-1-3-8-15/h1-11,13H,12,14H2,(H2,24,26,28). The number of para-hydroxylation sites is 2. The molecule has 0 saturated carbocycles. The van der Waals surface area contributed by atoms with Crippen LogP contribution in [0.3, 0.4) is 0 Å². The lowest BCUT2D eigenvalue weighted by molar-refractivity contribution is 0.252. The summed E-state index contributed by atoms with van der Waals surface area (Å²) in [6.07, 6.45) is 2.34. The zero-order valence-electron chi connectivity index (χ0n) is 15.0. The largest absolute Gasteiger partial charge is 0.337 e. The van der Waals surface area contributed by atoms with Gasteiger partial charge in [0.05, 0.1) is 5.69 Å². The molecule has 7 heteroatoms. The molecule has 2 aromatic heterocycles. The number of rotatable bonds is 5. The van der Waals surface area contributed by atoms with Gasteiger partial charge in [0.15, 0.2) is 5.65 Å². The van der Waals surface area contributed by atoms with Crippen LogP contribution >= 0.6 is 15.9 Å². The Morgan fingerprint density at radius 3 is 2.61 bits per heavy atom. The second-order valence-electron chi connectivity index (χ2n) is 6.16. The Hall–Kier alpha value is -3.19. The van der Waals surface area contributed by atoms with E-state index in [2.05, 4.69) is 31.5 Å². The van der Waals surface area contributed by atoms with Crippen molar-refractivity contribution in [2.45, 2.75) is 6.42 Å². The fraction of sp³-hybridized carbons (Fsp3) is 0.0952. The first kappa shape index (κ1) is 18.2. The van der Waals surface area contributed by atoms with Crippen LogP contribution in [0.2, 0.25) is 0 Å². The van der Waals surface area contributed by atoms with Crippen molar-refractivity contribution in [2.75, 3.05) is 11.9 Å². The number of urea groups is 1. The fourth-order valence-electron chi connectivity index (χ4n) is 2.99. The number of aromatic nitrogens is 3. The third-order valence-electron chi connectivity index (χ3n) is 4.26. The number of anilines is 1. The van der Waals surface area contributed by atoms with Gasteiger partial charge >= 0.3 is 6.03 Å². The molecule has 140 valence electrons. The lowest BCUT2D eigenvalue weighted by atomic mass is 10.3. The molecule has 0 spiro atoms. The Labute approximate surface area is 170 Å². The van der Waals surface area contributed by atoms with E-state index in [0.717, 1.165) is 32.8 Å². The number of hydrogen-bond acceptors (Lipinski definition) is 3. The van der Waals surface area contributed by atoms with E-state index in [1.165, 1.54) is 0 Å². The number of amides is 2. The molecule has 2 aromatic carbocycles. The highest BCUT2D eigenvalue weighted by atomic mass is 79.9. The number of nitrogens with one attached hydrogen (secondary N) is 2. The minimum Gasteiger partial charge on any atom is -0.337 e. The molecule has 0 atom stereocenters. The van der Waals surface area contributed by atoms with Crippen LogP contribution in [0.25, 0.3) is 16.9 Å². The quantitative estimate of drug-likeness (QED) is 0.482. The van der Waals surface area contributed by atoms with Gasteiger partial charge in [0, 0.05) is 29.3 Å². The van der Waals surface area contributed by atoms with Crippen LogP contribution in [-0.2, 0) is 6.42 Å². The third-order valence-corrected chi connectivity index (χ3v) is 4.95. The van der Waals surface area contributed by atoms with Gasteiger partial charge < -0.3 is 10.6 Å². The Morgan fingerprint density at radius 1 is 1.00 bits per heavy atom. The number of carbonyl (C=O) groups is 1. The molecule has 0 fully saturated rings. The normalized spacial score (nSPS) is 10.8. The SMILES string of the molecule is O=C(NCCc1nc2cccnc2n1-c1ccccc1)Nc1ccccc1Br. The number of hydrogen-bond donors (Lipinski definition) is 2. The maximum absolute atomic E-state index is 12.2. The summed E-state index contributed by atoms with van der Waals surface area (Å²) < 4.78 is 2.87. The summed E-state index contributed by atoms with van der Waals surface area (Å²) in [5.41, 5.74) is 3.36. The summed E-state index contributed by atoms with van der Waals surface area (Å²) in [4.78, 5) is 21.4. The zero-order chi connectivity index (χ0) is 19.3. The van der Waals surface area contributed by atoms with E-state index < -0.39 is 0 Å². The molecule has 28 heavy (non-hydrogen) atoms. The predicted octanol–water partition coefficient (Wildman–Crippen LogP) is 4.55. The summed E-state index contributed by atoms with van der Waals surface area (Å²) in [6.45, 7) is 0.451. The van der Waals surface area contributed by atoms with Crippen molar-refractivity contribution in [2.24, 2.45) is 0 Å². The van der Waals surface area contributed by atoms with Gasteiger partial charge in [0.2, 0.25) is 0 Å². The Balaban J connectivity index is 1.49. The highest BCUT2D eigenvalue weighted by molar-refractivity contribution is 9.10. The van der Waals surface area contributed by atoms with Gasteiger partial charge in [-0.25, -0.2) is 14.8 Å². The van der Waals surface area contributed by atoms with Crippen LogP contribution in [0, 0.1) is 0 Å². The summed E-state index contributed by atoms with van der Waals surface area (Å²) in [5.74, 6) is 0.848. The zero-order valence-corrected chi connectivity index (χ0v) is 16.6. The number of carbonyl (C=O) groups excluding carboxylic acids is 1. The van der Waals surface area contributed by atoms with Gasteiger partial charge in [0.1, 0.15) is 11.3 Å². The highest BCUT2D eigenvalue weighted by Gasteiger charge is 2.13. The highest BCUT2D eigenvalue weighted by Crippen LogP contribution is 2.21. The van der Waals surface area contributed by atoms with Gasteiger partial charge in [-0.3, -0.25) is 4.57 Å². The van der Waals surface area contributed by atoms with Crippen LogP contribution in [0.5, 0.6) is 0 Å². The lowest BCUT2D eigenvalue weighted by Crippen LogP contribution is -2.31.